The number of carbonyl (C=O) groups is 1. The standard InChI is InChI=1S/C11H12FNO2/c1-13(2)8-7-11(14)15-10-5-3-9(12)4-6-10/h3-8H,1-2H3. The van der Waals surface area contributed by atoms with Gasteiger partial charge in [0.05, 0.1) is 0 Å². The van der Waals surface area contributed by atoms with Gasteiger partial charge in [0, 0.05) is 26.4 Å². The molecular weight excluding hydrogens is 197 g/mol. The average molecular weight is 209 g/mol. The van der Waals surface area contributed by atoms with Crippen LogP contribution in [0.25, 0.3) is 0 Å². The van der Waals surface area contributed by atoms with Gasteiger partial charge in [-0.25, -0.2) is 9.18 Å². The minimum absolute atomic E-state index is 0.324. The van der Waals surface area contributed by atoms with Crippen molar-refractivity contribution in [2.24, 2.45) is 0 Å². The summed E-state index contributed by atoms with van der Waals surface area (Å²) >= 11 is 0. The van der Waals surface area contributed by atoms with Crippen LogP contribution in [0.2, 0.25) is 0 Å². The molecule has 0 aliphatic heterocycles. The first-order chi connectivity index (χ1) is 7.08. The summed E-state index contributed by atoms with van der Waals surface area (Å²) in [5, 5.41) is 0. The average Bonchev–Trinajstić information content (AvgIpc) is 2.19. The highest BCUT2D eigenvalue weighted by atomic mass is 19.1. The van der Waals surface area contributed by atoms with E-state index in [0.717, 1.165) is 0 Å². The van der Waals surface area contributed by atoms with E-state index >= 15 is 0 Å². The van der Waals surface area contributed by atoms with E-state index in [9.17, 15) is 9.18 Å². The van der Waals surface area contributed by atoms with Crippen molar-refractivity contribution in [2.45, 2.75) is 0 Å². The van der Waals surface area contributed by atoms with Gasteiger partial charge in [-0.3, -0.25) is 0 Å². The molecule has 3 nitrogen and oxygen atoms in total. The molecule has 0 aliphatic rings. The van der Waals surface area contributed by atoms with Crippen LogP contribution >= 0.6 is 0 Å². The van der Waals surface area contributed by atoms with Gasteiger partial charge >= 0.3 is 5.97 Å². The van der Waals surface area contributed by atoms with Gasteiger partial charge in [-0.2, -0.15) is 0 Å². The lowest BCUT2D eigenvalue weighted by molar-refractivity contribution is -0.129. The second kappa shape index (κ2) is 5.14. The van der Waals surface area contributed by atoms with E-state index in [1.54, 1.807) is 25.2 Å². The molecule has 1 aromatic rings. The van der Waals surface area contributed by atoms with Gasteiger partial charge in [0.2, 0.25) is 0 Å². The van der Waals surface area contributed by atoms with E-state index < -0.39 is 5.97 Å². The highest BCUT2D eigenvalue weighted by Gasteiger charge is 2.00. The topological polar surface area (TPSA) is 29.5 Å². The Balaban J connectivity index is 2.55. The first-order valence-electron chi connectivity index (χ1n) is 4.40. The van der Waals surface area contributed by atoms with Crippen LogP contribution in [0.3, 0.4) is 0 Å². The summed E-state index contributed by atoms with van der Waals surface area (Å²) < 4.78 is 17.4. The number of hydrogen-bond donors (Lipinski definition) is 0. The van der Waals surface area contributed by atoms with Crippen molar-refractivity contribution in [3.05, 3.63) is 42.4 Å². The van der Waals surface area contributed by atoms with Crippen molar-refractivity contribution in [3.8, 4) is 5.75 Å². The lowest BCUT2D eigenvalue weighted by Crippen LogP contribution is -2.07. The van der Waals surface area contributed by atoms with Crippen molar-refractivity contribution in [1.29, 1.82) is 0 Å². The molecule has 0 heterocycles. The molecular formula is C11H12FNO2. The minimum Gasteiger partial charge on any atom is -0.423 e. The number of ether oxygens (including phenoxy) is 1. The second-order valence-electron chi connectivity index (χ2n) is 3.15. The number of halogens is 1. The summed E-state index contributed by atoms with van der Waals surface area (Å²) in [7, 11) is 3.59. The molecule has 0 N–H and O–H groups in total. The Morgan fingerprint density at radius 3 is 2.47 bits per heavy atom. The second-order valence-corrected chi connectivity index (χ2v) is 3.15. The Morgan fingerprint density at radius 2 is 1.93 bits per heavy atom. The maximum Gasteiger partial charge on any atom is 0.337 e. The molecule has 0 unspecified atom stereocenters. The Morgan fingerprint density at radius 1 is 1.33 bits per heavy atom. The zero-order chi connectivity index (χ0) is 11.3. The van der Waals surface area contributed by atoms with Crippen LogP contribution in [0.4, 0.5) is 4.39 Å². The zero-order valence-electron chi connectivity index (χ0n) is 8.61. The summed E-state index contributed by atoms with van der Waals surface area (Å²) in [6, 6.07) is 5.27. The predicted octanol–water partition coefficient (Wildman–Crippen LogP) is 1.81. The summed E-state index contributed by atoms with van der Waals surface area (Å²) in [4.78, 5) is 12.9. The number of benzene rings is 1. The fraction of sp³-hybridized carbons (Fsp3) is 0.182. The van der Waals surface area contributed by atoms with Crippen molar-refractivity contribution in [3.63, 3.8) is 0 Å². The fourth-order valence-electron chi connectivity index (χ4n) is 0.863. The first kappa shape index (κ1) is 11.2. The molecule has 0 amide bonds. The van der Waals surface area contributed by atoms with Crippen LogP contribution in [-0.4, -0.2) is 25.0 Å². The van der Waals surface area contributed by atoms with E-state index in [-0.39, 0.29) is 5.82 Å². The van der Waals surface area contributed by atoms with Gasteiger partial charge in [-0.1, -0.05) is 0 Å². The molecule has 0 atom stereocenters. The third-order valence-electron chi connectivity index (χ3n) is 1.54. The largest absolute Gasteiger partial charge is 0.423 e. The maximum atomic E-state index is 12.5. The molecule has 1 rings (SSSR count). The normalized spacial score (nSPS) is 10.3. The SMILES string of the molecule is CN(C)C=CC(=O)Oc1ccc(F)cc1. The molecule has 0 aromatic heterocycles. The smallest absolute Gasteiger partial charge is 0.337 e. The summed E-state index contributed by atoms with van der Waals surface area (Å²) in [5.74, 6) is -0.529. The molecule has 4 heteroatoms. The van der Waals surface area contributed by atoms with E-state index in [0.29, 0.717) is 5.75 Å². The number of nitrogens with zero attached hydrogens (tertiary/aromatic N) is 1. The summed E-state index contributed by atoms with van der Waals surface area (Å²) in [6.07, 6.45) is 2.87. The van der Waals surface area contributed by atoms with E-state index in [4.69, 9.17) is 4.74 Å². The molecule has 1 aromatic carbocycles. The van der Waals surface area contributed by atoms with Gasteiger partial charge in [0.25, 0.3) is 0 Å². The first-order valence-corrected chi connectivity index (χ1v) is 4.40. The highest BCUT2D eigenvalue weighted by molar-refractivity contribution is 5.83. The highest BCUT2D eigenvalue weighted by Crippen LogP contribution is 2.11. The molecule has 0 saturated heterocycles. The number of carbonyl (C=O) groups excluding carboxylic acids is 1. The van der Waals surface area contributed by atoms with Crippen LogP contribution in [-0.2, 0) is 4.79 Å². The Kier molecular flexibility index (Phi) is 3.85. The lowest BCUT2D eigenvalue weighted by atomic mass is 10.3. The predicted molar refractivity (Wildman–Crippen MR) is 54.9 cm³/mol. The zero-order valence-corrected chi connectivity index (χ0v) is 8.61. The van der Waals surface area contributed by atoms with Crippen LogP contribution in [0, 0.1) is 5.82 Å². The van der Waals surface area contributed by atoms with Crippen LogP contribution in [0.15, 0.2) is 36.5 Å². The van der Waals surface area contributed by atoms with Gasteiger partial charge in [-0.05, 0) is 24.3 Å². The molecule has 80 valence electrons. The Hall–Kier alpha value is -1.84. The number of esters is 1. The van der Waals surface area contributed by atoms with Crippen molar-refractivity contribution in [1.82, 2.24) is 4.90 Å². The molecule has 0 saturated carbocycles. The van der Waals surface area contributed by atoms with E-state index in [1.165, 1.54) is 30.3 Å². The third-order valence-corrected chi connectivity index (χ3v) is 1.54. The molecule has 0 spiro atoms. The van der Waals surface area contributed by atoms with Crippen LogP contribution in [0.1, 0.15) is 0 Å². The van der Waals surface area contributed by atoms with Gasteiger partial charge < -0.3 is 9.64 Å². The Bertz CT molecular complexity index is 357. The molecule has 0 fully saturated rings. The van der Waals surface area contributed by atoms with Crippen molar-refractivity contribution < 1.29 is 13.9 Å². The van der Waals surface area contributed by atoms with Crippen molar-refractivity contribution in [2.75, 3.05) is 14.1 Å². The molecule has 15 heavy (non-hydrogen) atoms. The van der Waals surface area contributed by atoms with Crippen LogP contribution in [0.5, 0.6) is 5.75 Å². The van der Waals surface area contributed by atoms with Crippen molar-refractivity contribution >= 4 is 5.97 Å². The van der Waals surface area contributed by atoms with Gasteiger partial charge in [-0.15, -0.1) is 0 Å². The Labute approximate surface area is 87.8 Å². The van der Waals surface area contributed by atoms with Crippen LogP contribution < -0.4 is 4.74 Å². The minimum atomic E-state index is -0.490. The lowest BCUT2D eigenvalue weighted by Gasteiger charge is -2.03. The number of hydrogen-bond acceptors (Lipinski definition) is 3. The monoisotopic (exact) mass is 209 g/mol. The third kappa shape index (κ3) is 4.26. The van der Waals surface area contributed by atoms with Gasteiger partial charge in [0.1, 0.15) is 11.6 Å². The summed E-state index contributed by atoms with van der Waals surface area (Å²) in [6.45, 7) is 0. The maximum absolute atomic E-state index is 12.5. The van der Waals surface area contributed by atoms with E-state index in [2.05, 4.69) is 0 Å². The van der Waals surface area contributed by atoms with Gasteiger partial charge in [0.15, 0.2) is 0 Å². The quantitative estimate of drug-likeness (QED) is 0.432. The summed E-state index contributed by atoms with van der Waals surface area (Å²) in [5.41, 5.74) is 0. The number of rotatable bonds is 3. The van der Waals surface area contributed by atoms with E-state index in [1.807, 2.05) is 0 Å². The molecule has 0 aliphatic carbocycles. The molecule has 0 bridgehead atoms. The molecule has 0 radical (unpaired) electrons. The fourth-order valence-corrected chi connectivity index (χ4v) is 0.863.